The van der Waals surface area contributed by atoms with Gasteiger partial charge >= 0.3 is 0 Å². The average molecular weight is 388 g/mol. The summed E-state index contributed by atoms with van der Waals surface area (Å²) < 4.78 is 19.5. The first-order chi connectivity index (χ1) is 13.0. The van der Waals surface area contributed by atoms with E-state index in [0.717, 1.165) is 18.5 Å². The molecule has 8 heteroatoms. The number of nitrogens with zero attached hydrogens (tertiary/aromatic N) is 3. The van der Waals surface area contributed by atoms with Crippen molar-refractivity contribution in [1.82, 2.24) is 19.7 Å². The molecule has 2 aromatic heterocycles. The molecule has 1 aromatic carbocycles. The van der Waals surface area contributed by atoms with Crippen molar-refractivity contribution in [3.8, 4) is 17.1 Å². The Morgan fingerprint density at radius 3 is 2.74 bits per heavy atom. The monoisotopic (exact) mass is 388 g/mol. The Morgan fingerprint density at radius 1 is 1.30 bits per heavy atom. The Hall–Kier alpha value is -2.32. The number of aromatic nitrogens is 4. The van der Waals surface area contributed by atoms with Gasteiger partial charge in [0.05, 0.1) is 17.9 Å². The normalized spacial score (nSPS) is 12.5. The van der Waals surface area contributed by atoms with E-state index in [1.165, 1.54) is 0 Å². The van der Waals surface area contributed by atoms with Gasteiger partial charge in [-0.05, 0) is 43.6 Å². The van der Waals surface area contributed by atoms with Crippen molar-refractivity contribution in [2.24, 2.45) is 7.05 Å². The molecule has 1 atom stereocenters. The first-order valence-electron chi connectivity index (χ1n) is 9.11. The van der Waals surface area contributed by atoms with E-state index in [4.69, 9.17) is 9.72 Å². The Balaban J connectivity index is 2.24. The summed E-state index contributed by atoms with van der Waals surface area (Å²) in [6, 6.07) is 5.35. The number of aryl methyl sites for hydroxylation is 2. The van der Waals surface area contributed by atoms with Crippen LogP contribution < -0.4 is 10.3 Å². The Bertz CT molecular complexity index is 1010. The molecule has 2 heterocycles. The van der Waals surface area contributed by atoms with E-state index in [0.29, 0.717) is 45.4 Å². The lowest BCUT2D eigenvalue weighted by molar-refractivity contribution is 0.341. The summed E-state index contributed by atoms with van der Waals surface area (Å²) in [6.07, 6.45) is 1.65. The van der Waals surface area contributed by atoms with Crippen molar-refractivity contribution < 1.29 is 9.29 Å². The summed E-state index contributed by atoms with van der Waals surface area (Å²) in [4.78, 5) is 20.9. The third-order valence-corrected chi connectivity index (χ3v) is 5.58. The van der Waals surface area contributed by atoms with E-state index in [2.05, 4.69) is 17.0 Å². The van der Waals surface area contributed by atoms with Crippen molar-refractivity contribution in [3.05, 3.63) is 34.2 Å². The van der Waals surface area contributed by atoms with Crippen LogP contribution in [-0.4, -0.2) is 36.7 Å². The second-order valence-electron chi connectivity index (χ2n) is 6.16. The number of rotatable bonds is 7. The zero-order valence-corrected chi connectivity index (χ0v) is 16.9. The van der Waals surface area contributed by atoms with Crippen LogP contribution in [0.15, 0.2) is 27.9 Å². The second kappa shape index (κ2) is 8.14. The van der Waals surface area contributed by atoms with Gasteiger partial charge in [-0.2, -0.15) is 5.10 Å². The molecule has 1 N–H and O–H groups in total. The highest BCUT2D eigenvalue weighted by Gasteiger charge is 2.19. The maximum absolute atomic E-state index is 12.7. The Labute approximate surface area is 161 Å². The van der Waals surface area contributed by atoms with E-state index < -0.39 is 11.2 Å². The van der Waals surface area contributed by atoms with Crippen molar-refractivity contribution in [3.63, 3.8) is 0 Å². The minimum Gasteiger partial charge on any atom is -0.611 e. The lowest BCUT2D eigenvalue weighted by Crippen LogP contribution is -2.13. The zero-order valence-electron chi connectivity index (χ0n) is 16.0. The summed E-state index contributed by atoms with van der Waals surface area (Å²) in [7, 11) is 1.74. The van der Waals surface area contributed by atoms with Crippen molar-refractivity contribution >= 4 is 22.2 Å². The first kappa shape index (κ1) is 19.4. The maximum atomic E-state index is 12.7. The molecule has 3 rings (SSSR count). The molecule has 0 aliphatic carbocycles. The number of fused-ring (bicyclic) bond motifs is 1. The fourth-order valence-corrected chi connectivity index (χ4v) is 3.87. The zero-order chi connectivity index (χ0) is 19.6. The third-order valence-electron chi connectivity index (χ3n) is 4.28. The lowest BCUT2D eigenvalue weighted by atomic mass is 10.1. The van der Waals surface area contributed by atoms with Gasteiger partial charge in [0, 0.05) is 13.1 Å². The molecule has 0 bridgehead atoms. The van der Waals surface area contributed by atoms with Crippen LogP contribution in [0.3, 0.4) is 0 Å². The van der Waals surface area contributed by atoms with Crippen LogP contribution in [0.1, 0.15) is 32.9 Å². The van der Waals surface area contributed by atoms with E-state index in [1.807, 2.05) is 13.8 Å². The first-order valence-corrected chi connectivity index (χ1v) is 10.4. The van der Waals surface area contributed by atoms with Gasteiger partial charge in [-0.3, -0.25) is 9.48 Å². The topological polar surface area (TPSA) is 95.9 Å². The smallest absolute Gasteiger partial charge is 0.277 e. The number of benzene rings is 1. The fourth-order valence-electron chi connectivity index (χ4n) is 3.06. The van der Waals surface area contributed by atoms with Crippen molar-refractivity contribution in [2.75, 3.05) is 12.4 Å². The maximum Gasteiger partial charge on any atom is 0.277 e. The van der Waals surface area contributed by atoms with Crippen molar-refractivity contribution in [1.29, 1.82) is 0 Å². The quantitative estimate of drug-likeness (QED) is 0.628. The van der Waals surface area contributed by atoms with Crippen LogP contribution in [0.2, 0.25) is 0 Å². The summed E-state index contributed by atoms with van der Waals surface area (Å²) in [5, 5.41) is 4.45. The Morgan fingerprint density at radius 2 is 2.07 bits per heavy atom. The molecule has 1 unspecified atom stereocenters. The molecular formula is C19H24N4O3S. The van der Waals surface area contributed by atoms with E-state index in [9.17, 15) is 9.35 Å². The SMILES string of the molecule is CCCc1nn(C)c2c(=O)[nH]c(-c3cc([S+]([O-])CC)ccc3OCC)nc12. The minimum absolute atomic E-state index is 0.253. The van der Waals surface area contributed by atoms with Gasteiger partial charge in [0.15, 0.2) is 10.4 Å². The number of hydrogen-bond donors (Lipinski definition) is 1. The summed E-state index contributed by atoms with van der Waals surface area (Å²) in [6.45, 7) is 6.29. The number of nitrogens with one attached hydrogen (secondary N) is 1. The largest absolute Gasteiger partial charge is 0.611 e. The van der Waals surface area contributed by atoms with Gasteiger partial charge < -0.3 is 14.3 Å². The van der Waals surface area contributed by atoms with Crippen LogP contribution in [0.25, 0.3) is 22.4 Å². The molecule has 0 radical (unpaired) electrons. The summed E-state index contributed by atoms with van der Waals surface area (Å²) in [5.74, 6) is 1.51. The van der Waals surface area contributed by atoms with Gasteiger partial charge in [-0.15, -0.1) is 0 Å². The number of H-pyrrole nitrogens is 1. The van der Waals surface area contributed by atoms with Crippen LogP contribution in [0, 0.1) is 0 Å². The molecule has 0 aliphatic heterocycles. The fraction of sp³-hybridized carbons (Fsp3) is 0.421. The average Bonchev–Trinajstić information content (AvgIpc) is 2.98. The third kappa shape index (κ3) is 3.72. The summed E-state index contributed by atoms with van der Waals surface area (Å²) in [5.41, 5.74) is 2.22. The second-order valence-corrected chi connectivity index (χ2v) is 7.90. The minimum atomic E-state index is -1.11. The lowest BCUT2D eigenvalue weighted by Gasteiger charge is -2.13. The standard InChI is InChI=1S/C19H24N4O3S/c1-5-8-14-16-17(23(4)22-14)19(24)21-18(20-16)13-11-12(27(25)7-3)9-10-15(13)26-6-2/h9-11H,5-8H2,1-4H3,(H,20,21,24). The highest BCUT2D eigenvalue weighted by molar-refractivity contribution is 7.91. The number of aromatic amines is 1. The molecule has 0 saturated carbocycles. The molecule has 0 fully saturated rings. The van der Waals surface area contributed by atoms with Crippen LogP contribution in [-0.2, 0) is 24.6 Å². The van der Waals surface area contributed by atoms with Gasteiger partial charge in [0.2, 0.25) is 0 Å². The number of ether oxygens (including phenoxy) is 1. The van der Waals surface area contributed by atoms with Crippen LogP contribution >= 0.6 is 0 Å². The molecule has 0 aliphatic rings. The Kier molecular flexibility index (Phi) is 5.86. The molecular weight excluding hydrogens is 364 g/mol. The number of hydrogen-bond acceptors (Lipinski definition) is 5. The van der Waals surface area contributed by atoms with Gasteiger partial charge in [-0.1, -0.05) is 13.3 Å². The molecule has 144 valence electrons. The van der Waals surface area contributed by atoms with E-state index in [1.54, 1.807) is 29.9 Å². The highest BCUT2D eigenvalue weighted by atomic mass is 32.2. The predicted molar refractivity (Wildman–Crippen MR) is 107 cm³/mol. The van der Waals surface area contributed by atoms with Crippen molar-refractivity contribution in [2.45, 2.75) is 38.5 Å². The van der Waals surface area contributed by atoms with E-state index in [-0.39, 0.29) is 5.56 Å². The predicted octanol–water partition coefficient (Wildman–Crippen LogP) is 2.80. The highest BCUT2D eigenvalue weighted by Crippen LogP contribution is 2.31. The van der Waals surface area contributed by atoms with E-state index >= 15 is 0 Å². The molecule has 27 heavy (non-hydrogen) atoms. The van der Waals surface area contributed by atoms with Crippen LogP contribution in [0.4, 0.5) is 0 Å². The van der Waals surface area contributed by atoms with Gasteiger partial charge in [-0.25, -0.2) is 4.98 Å². The molecule has 7 nitrogen and oxygen atoms in total. The molecule has 3 aromatic rings. The van der Waals surface area contributed by atoms with Crippen LogP contribution in [0.5, 0.6) is 5.75 Å². The summed E-state index contributed by atoms with van der Waals surface area (Å²) >= 11 is -1.11. The van der Waals surface area contributed by atoms with Gasteiger partial charge in [0.25, 0.3) is 5.56 Å². The molecule has 0 spiro atoms. The molecule has 0 amide bonds. The van der Waals surface area contributed by atoms with Gasteiger partial charge in [0.1, 0.15) is 22.8 Å². The molecule has 0 saturated heterocycles.